The maximum Gasteiger partial charge on any atom is 0.343 e. The quantitative estimate of drug-likeness (QED) is 0.527. The molecule has 2 aromatic carbocycles. The molecule has 9 heteroatoms. The molecule has 0 saturated heterocycles. The fourth-order valence-electron chi connectivity index (χ4n) is 2.33. The van der Waals surface area contributed by atoms with E-state index in [1.54, 1.807) is 36.4 Å². The number of carboxylic acids is 1. The lowest BCUT2D eigenvalue weighted by Gasteiger charge is -2.08. The summed E-state index contributed by atoms with van der Waals surface area (Å²) in [4.78, 5) is 24.5. The molecule has 3 aromatic rings. The highest BCUT2D eigenvalue weighted by molar-refractivity contribution is 5.94. The number of carboxylic acid groups (broad SMARTS) is 1. The molecule has 1 heterocycles. The number of phenols is 1. The minimum absolute atomic E-state index is 0.0486. The van der Waals surface area contributed by atoms with Gasteiger partial charge in [-0.25, -0.2) is 4.79 Å². The number of hydrogen-bond acceptors (Lipinski definition) is 7. The van der Waals surface area contributed by atoms with Crippen molar-refractivity contribution in [2.45, 2.75) is 0 Å². The van der Waals surface area contributed by atoms with Crippen LogP contribution in [0.3, 0.4) is 0 Å². The number of methoxy groups -OCH3 is 2. The van der Waals surface area contributed by atoms with Gasteiger partial charge in [-0.2, -0.15) is 0 Å². The van der Waals surface area contributed by atoms with Crippen LogP contribution in [-0.4, -0.2) is 40.3 Å². The van der Waals surface area contributed by atoms with Gasteiger partial charge in [-0.15, -0.1) is 0 Å². The van der Waals surface area contributed by atoms with Crippen LogP contribution in [0.2, 0.25) is 0 Å². The van der Waals surface area contributed by atoms with Crippen molar-refractivity contribution in [1.82, 2.24) is 4.98 Å². The summed E-state index contributed by atoms with van der Waals surface area (Å²) < 4.78 is 9.78. The van der Waals surface area contributed by atoms with Crippen molar-refractivity contribution in [3.63, 3.8) is 0 Å². The summed E-state index contributed by atoms with van der Waals surface area (Å²) in [7, 11) is 2.84. The van der Waals surface area contributed by atoms with Gasteiger partial charge in [0.2, 0.25) is 5.75 Å². The number of hydrogen-bond donors (Lipinski definition) is 2. The highest BCUT2D eigenvalue weighted by Crippen LogP contribution is 2.32. The molecule has 27 heavy (non-hydrogen) atoms. The molecule has 1 aromatic heterocycles. The molecule has 0 unspecified atom stereocenters. The van der Waals surface area contributed by atoms with Crippen molar-refractivity contribution in [3.8, 4) is 17.2 Å². The van der Waals surface area contributed by atoms with E-state index in [0.717, 1.165) is 0 Å². The smallest absolute Gasteiger partial charge is 0.343 e. The average molecular weight is 372 g/mol. The third-order valence-corrected chi connectivity index (χ3v) is 3.56. The van der Waals surface area contributed by atoms with E-state index in [4.69, 9.17) is 14.6 Å². The summed E-state index contributed by atoms with van der Waals surface area (Å²) >= 11 is 0. The van der Waals surface area contributed by atoms with E-state index in [1.807, 2.05) is 0 Å². The molecule has 0 radical (unpaired) electrons. The van der Waals surface area contributed by atoms with Crippen LogP contribution in [0, 0.1) is 10.1 Å². The highest BCUT2D eigenvalue weighted by Gasteiger charge is 2.17. The van der Waals surface area contributed by atoms with Gasteiger partial charge >= 0.3 is 11.7 Å². The van der Waals surface area contributed by atoms with Gasteiger partial charge in [0.1, 0.15) is 22.6 Å². The zero-order chi connectivity index (χ0) is 20.0. The van der Waals surface area contributed by atoms with Gasteiger partial charge in [-0.3, -0.25) is 15.1 Å². The lowest BCUT2D eigenvalue weighted by molar-refractivity contribution is -0.385. The van der Waals surface area contributed by atoms with Crippen LogP contribution in [0.4, 0.5) is 5.69 Å². The molecular weight excluding hydrogens is 356 g/mol. The summed E-state index contributed by atoms with van der Waals surface area (Å²) in [6.07, 6.45) is 1.48. The van der Waals surface area contributed by atoms with Crippen LogP contribution >= 0.6 is 0 Å². The van der Waals surface area contributed by atoms with Crippen LogP contribution in [0.25, 0.3) is 10.9 Å². The minimum Gasteiger partial charge on any atom is -0.501 e. The zero-order valence-corrected chi connectivity index (χ0v) is 14.4. The van der Waals surface area contributed by atoms with E-state index in [-0.39, 0.29) is 22.5 Å². The Kier molecular flexibility index (Phi) is 6.10. The first-order valence-corrected chi connectivity index (χ1v) is 7.56. The summed E-state index contributed by atoms with van der Waals surface area (Å²) in [5.74, 6) is -0.846. The van der Waals surface area contributed by atoms with Crippen molar-refractivity contribution in [1.29, 1.82) is 0 Å². The Labute approximate surface area is 153 Å². The minimum atomic E-state index is -1.06. The molecule has 0 aliphatic carbocycles. The number of aromatic carboxylic acids is 1. The van der Waals surface area contributed by atoms with Crippen molar-refractivity contribution in [2.75, 3.05) is 14.2 Å². The number of nitrogens with zero attached hydrogens (tertiary/aromatic N) is 2. The lowest BCUT2D eigenvalue weighted by atomic mass is 10.2. The SMILES string of the molecule is COc1cccc(OC)c1C(=O)O.O=[N+]([O-])c1ccc2cccnc2c1O. The molecule has 0 spiro atoms. The molecule has 0 saturated carbocycles. The Morgan fingerprint density at radius 1 is 1.07 bits per heavy atom. The Bertz CT molecular complexity index is 966. The molecule has 3 rings (SSSR count). The van der Waals surface area contributed by atoms with Gasteiger partial charge in [0.15, 0.2) is 0 Å². The normalized spacial score (nSPS) is 9.85. The maximum absolute atomic E-state index is 10.8. The van der Waals surface area contributed by atoms with Crippen LogP contribution < -0.4 is 9.47 Å². The van der Waals surface area contributed by atoms with Crippen molar-refractivity contribution in [3.05, 3.63) is 64.3 Å². The van der Waals surface area contributed by atoms with E-state index >= 15 is 0 Å². The number of carbonyl (C=O) groups is 1. The number of benzene rings is 2. The first-order chi connectivity index (χ1) is 12.9. The summed E-state index contributed by atoms with van der Waals surface area (Å²) in [5.41, 5.74) is -0.0228. The summed E-state index contributed by atoms with van der Waals surface area (Å²) in [5, 5.41) is 29.5. The summed E-state index contributed by atoms with van der Waals surface area (Å²) in [6, 6.07) is 11.1. The fourth-order valence-corrected chi connectivity index (χ4v) is 2.33. The maximum atomic E-state index is 10.8. The van der Waals surface area contributed by atoms with E-state index in [2.05, 4.69) is 4.98 Å². The van der Waals surface area contributed by atoms with Gasteiger partial charge in [0.05, 0.1) is 19.1 Å². The number of nitro benzene ring substituents is 1. The zero-order valence-electron chi connectivity index (χ0n) is 14.4. The fraction of sp³-hybridized carbons (Fsp3) is 0.111. The van der Waals surface area contributed by atoms with Crippen molar-refractivity contribution >= 4 is 22.6 Å². The molecule has 0 bridgehead atoms. The highest BCUT2D eigenvalue weighted by atomic mass is 16.6. The predicted octanol–water partition coefficient (Wildman–Crippen LogP) is 3.25. The second-order valence-corrected chi connectivity index (χ2v) is 5.11. The van der Waals surface area contributed by atoms with Crippen molar-refractivity contribution < 1.29 is 29.4 Å². The monoisotopic (exact) mass is 372 g/mol. The Balaban J connectivity index is 0.000000194. The second-order valence-electron chi connectivity index (χ2n) is 5.11. The topological polar surface area (TPSA) is 132 Å². The van der Waals surface area contributed by atoms with Crippen LogP contribution in [0.15, 0.2) is 48.7 Å². The molecule has 0 amide bonds. The summed E-state index contributed by atoms with van der Waals surface area (Å²) in [6.45, 7) is 0. The van der Waals surface area contributed by atoms with Gasteiger partial charge in [-0.05, 0) is 24.3 Å². The first kappa shape index (κ1) is 19.4. The Morgan fingerprint density at radius 3 is 2.22 bits per heavy atom. The number of pyridine rings is 1. The number of aromatic nitrogens is 1. The molecule has 9 nitrogen and oxygen atoms in total. The van der Waals surface area contributed by atoms with Crippen LogP contribution in [0.1, 0.15) is 10.4 Å². The molecule has 0 atom stereocenters. The predicted molar refractivity (Wildman–Crippen MR) is 96.6 cm³/mol. The molecule has 0 aliphatic heterocycles. The van der Waals surface area contributed by atoms with Gasteiger partial charge in [-0.1, -0.05) is 12.1 Å². The van der Waals surface area contributed by atoms with E-state index in [0.29, 0.717) is 16.9 Å². The molecule has 0 fully saturated rings. The van der Waals surface area contributed by atoms with Gasteiger partial charge < -0.3 is 19.7 Å². The molecule has 2 N–H and O–H groups in total. The average Bonchev–Trinajstić information content (AvgIpc) is 2.67. The molecule has 0 aliphatic rings. The van der Waals surface area contributed by atoms with Crippen LogP contribution in [0.5, 0.6) is 17.2 Å². The first-order valence-electron chi connectivity index (χ1n) is 7.56. The van der Waals surface area contributed by atoms with E-state index in [9.17, 15) is 20.0 Å². The third kappa shape index (κ3) is 4.21. The number of aromatic hydroxyl groups is 1. The largest absolute Gasteiger partial charge is 0.501 e. The molecular formula is C18H16N2O7. The van der Waals surface area contributed by atoms with E-state index in [1.165, 1.54) is 26.5 Å². The number of rotatable bonds is 4. The standard InChI is InChI=1S/C9H6N2O3.C9H10O4/c12-9-7(11(13)14)4-3-6-2-1-5-10-8(6)9;1-12-6-4-3-5-7(13-2)8(6)9(10)11/h1-5,12H;3-5H,1-2H3,(H,10,11). The number of nitro groups is 1. The third-order valence-electron chi connectivity index (χ3n) is 3.56. The lowest BCUT2D eigenvalue weighted by Crippen LogP contribution is -2.03. The van der Waals surface area contributed by atoms with E-state index < -0.39 is 10.9 Å². The molecule has 140 valence electrons. The Hall–Kier alpha value is -3.88. The number of fused-ring (bicyclic) bond motifs is 1. The van der Waals surface area contributed by atoms with Crippen molar-refractivity contribution in [2.24, 2.45) is 0 Å². The van der Waals surface area contributed by atoms with Gasteiger partial charge in [0, 0.05) is 17.6 Å². The van der Waals surface area contributed by atoms with Gasteiger partial charge in [0.25, 0.3) is 0 Å². The second kappa shape index (κ2) is 8.48. The number of ether oxygens (including phenoxy) is 2. The number of phenolic OH excluding ortho intramolecular Hbond substituents is 1. The van der Waals surface area contributed by atoms with Crippen LogP contribution in [-0.2, 0) is 0 Å². The Morgan fingerprint density at radius 2 is 1.70 bits per heavy atom.